The molecule has 1 aromatic carbocycles. The zero-order valence-corrected chi connectivity index (χ0v) is 13.7. The average Bonchev–Trinajstić information content (AvgIpc) is 2.41. The van der Waals surface area contributed by atoms with Gasteiger partial charge in [0.1, 0.15) is 0 Å². The van der Waals surface area contributed by atoms with Crippen LogP contribution in [0.3, 0.4) is 0 Å². The summed E-state index contributed by atoms with van der Waals surface area (Å²) in [6.07, 6.45) is 2.07. The molecule has 1 aromatic rings. The van der Waals surface area contributed by atoms with E-state index in [-0.39, 0.29) is 18.7 Å². The quantitative estimate of drug-likeness (QED) is 0.888. The fourth-order valence-corrected chi connectivity index (χ4v) is 3.19. The highest BCUT2D eigenvalue weighted by Crippen LogP contribution is 2.33. The Hall–Kier alpha value is -1.33. The van der Waals surface area contributed by atoms with Crippen molar-refractivity contribution >= 4 is 45.1 Å². The van der Waals surface area contributed by atoms with Crippen molar-refractivity contribution in [2.24, 2.45) is 11.8 Å². The van der Waals surface area contributed by atoms with Crippen molar-refractivity contribution in [3.8, 4) is 0 Å². The third-order valence-electron chi connectivity index (χ3n) is 3.52. The number of carbonyl (C=O) groups excluding carboxylic acids is 2. The van der Waals surface area contributed by atoms with Gasteiger partial charge in [0.15, 0.2) is 0 Å². The molecule has 2 rings (SSSR count). The number of benzene rings is 1. The number of carboxylic acid groups (broad SMARTS) is 1. The third-order valence-corrected chi connectivity index (χ3v) is 4.48. The number of carboxylic acids is 1. The maximum Gasteiger partial charge on any atom is 0.228 e. The van der Waals surface area contributed by atoms with E-state index in [1.165, 1.54) is 0 Å². The molecule has 1 N–H and O–H groups in total. The Balaban J connectivity index is 2.18. The SMILES string of the molecule is Cc1ccc(NC(=O)[C@@H]2CC(Cl)=CC[C@H]2C(=O)[O-])c(Br)c1. The molecule has 2 atom stereocenters. The second-order valence-electron chi connectivity index (χ2n) is 5.10. The largest absolute Gasteiger partial charge is 0.550 e. The number of nitrogens with one attached hydrogen (secondary N) is 1. The minimum Gasteiger partial charge on any atom is -0.550 e. The van der Waals surface area contributed by atoms with Gasteiger partial charge in [-0.1, -0.05) is 23.7 Å². The number of amides is 1. The van der Waals surface area contributed by atoms with E-state index in [1.807, 2.05) is 19.1 Å². The molecule has 0 spiro atoms. The van der Waals surface area contributed by atoms with Gasteiger partial charge in [-0.3, -0.25) is 4.79 Å². The molecule has 6 heteroatoms. The fraction of sp³-hybridized carbons (Fsp3) is 0.333. The Labute approximate surface area is 136 Å². The fourth-order valence-electron chi connectivity index (χ4n) is 2.34. The molecular formula is C15H14BrClNO3-. The topological polar surface area (TPSA) is 69.2 Å². The molecular weight excluding hydrogens is 358 g/mol. The van der Waals surface area contributed by atoms with Crippen molar-refractivity contribution in [2.75, 3.05) is 5.32 Å². The lowest BCUT2D eigenvalue weighted by atomic mass is 9.82. The lowest BCUT2D eigenvalue weighted by molar-refractivity contribution is -0.313. The number of hydrogen-bond donors (Lipinski definition) is 1. The van der Waals surface area contributed by atoms with Crippen molar-refractivity contribution in [2.45, 2.75) is 19.8 Å². The summed E-state index contributed by atoms with van der Waals surface area (Å²) in [5.41, 5.74) is 1.66. The van der Waals surface area contributed by atoms with Crippen LogP contribution in [-0.2, 0) is 9.59 Å². The molecule has 0 bridgehead atoms. The van der Waals surface area contributed by atoms with E-state index < -0.39 is 17.8 Å². The van der Waals surface area contributed by atoms with Gasteiger partial charge in [-0.05, 0) is 53.4 Å². The number of anilines is 1. The Morgan fingerprint density at radius 3 is 2.71 bits per heavy atom. The number of halogens is 2. The normalized spacial score (nSPS) is 21.6. The number of carbonyl (C=O) groups is 2. The molecule has 0 radical (unpaired) electrons. The van der Waals surface area contributed by atoms with E-state index in [4.69, 9.17) is 11.6 Å². The molecule has 112 valence electrons. The first-order valence-corrected chi connectivity index (χ1v) is 7.68. The molecule has 0 fully saturated rings. The molecule has 0 unspecified atom stereocenters. The van der Waals surface area contributed by atoms with Crippen LogP contribution < -0.4 is 10.4 Å². The van der Waals surface area contributed by atoms with Crippen LogP contribution in [0.1, 0.15) is 18.4 Å². The summed E-state index contributed by atoms with van der Waals surface area (Å²) < 4.78 is 0.748. The molecule has 0 aliphatic heterocycles. The van der Waals surface area contributed by atoms with Gasteiger partial charge < -0.3 is 15.2 Å². The van der Waals surface area contributed by atoms with Crippen LogP contribution in [0.15, 0.2) is 33.8 Å². The number of allylic oxidation sites excluding steroid dienone is 2. The van der Waals surface area contributed by atoms with Crippen LogP contribution >= 0.6 is 27.5 Å². The first-order valence-electron chi connectivity index (χ1n) is 6.51. The second-order valence-corrected chi connectivity index (χ2v) is 6.44. The van der Waals surface area contributed by atoms with Crippen molar-refractivity contribution < 1.29 is 14.7 Å². The van der Waals surface area contributed by atoms with E-state index in [0.717, 1.165) is 10.0 Å². The maximum absolute atomic E-state index is 12.4. The van der Waals surface area contributed by atoms with Crippen LogP contribution in [0, 0.1) is 18.8 Å². The van der Waals surface area contributed by atoms with Crippen LogP contribution in [0.4, 0.5) is 5.69 Å². The molecule has 0 aromatic heterocycles. The molecule has 0 heterocycles. The van der Waals surface area contributed by atoms with Gasteiger partial charge in [-0.25, -0.2) is 0 Å². The predicted octanol–water partition coefficient (Wildman–Crippen LogP) is 2.59. The van der Waals surface area contributed by atoms with Crippen LogP contribution in [-0.4, -0.2) is 11.9 Å². The molecule has 1 aliphatic rings. The second kappa shape index (κ2) is 6.62. The van der Waals surface area contributed by atoms with Crippen LogP contribution in [0.25, 0.3) is 0 Å². The predicted molar refractivity (Wildman–Crippen MR) is 82.7 cm³/mol. The Morgan fingerprint density at radius 2 is 2.10 bits per heavy atom. The van der Waals surface area contributed by atoms with Gasteiger partial charge in [0.2, 0.25) is 5.91 Å². The van der Waals surface area contributed by atoms with Gasteiger partial charge in [0.25, 0.3) is 0 Å². The van der Waals surface area contributed by atoms with Gasteiger partial charge in [0, 0.05) is 21.4 Å². The van der Waals surface area contributed by atoms with Crippen LogP contribution in [0.2, 0.25) is 0 Å². The molecule has 0 saturated carbocycles. The van der Waals surface area contributed by atoms with Gasteiger partial charge in [0.05, 0.1) is 11.6 Å². The summed E-state index contributed by atoms with van der Waals surface area (Å²) >= 11 is 9.31. The standard InChI is InChI=1S/C15H15BrClNO3/c1-8-2-5-13(12(16)6-8)18-14(19)11-7-9(17)3-4-10(11)15(20)21/h2-3,5-6,10-11H,4,7H2,1H3,(H,18,19)(H,20,21)/p-1/t10-,11-/m1/s1. The number of aliphatic carboxylic acids is 1. The zero-order valence-electron chi connectivity index (χ0n) is 11.4. The Morgan fingerprint density at radius 1 is 1.38 bits per heavy atom. The van der Waals surface area contributed by atoms with Gasteiger partial charge >= 0.3 is 0 Å². The Bertz CT molecular complexity index is 615. The highest BCUT2D eigenvalue weighted by molar-refractivity contribution is 9.10. The molecule has 1 aliphatic carbocycles. The lowest BCUT2D eigenvalue weighted by Gasteiger charge is -2.29. The molecule has 4 nitrogen and oxygen atoms in total. The lowest BCUT2D eigenvalue weighted by Crippen LogP contribution is -2.42. The molecule has 0 saturated heterocycles. The van der Waals surface area contributed by atoms with E-state index in [0.29, 0.717) is 10.7 Å². The highest BCUT2D eigenvalue weighted by atomic mass is 79.9. The van der Waals surface area contributed by atoms with E-state index >= 15 is 0 Å². The van der Waals surface area contributed by atoms with Crippen molar-refractivity contribution in [1.29, 1.82) is 0 Å². The number of aryl methyl sites for hydroxylation is 1. The number of rotatable bonds is 3. The summed E-state index contributed by atoms with van der Waals surface area (Å²) in [5, 5.41) is 14.4. The summed E-state index contributed by atoms with van der Waals surface area (Å²) in [6.45, 7) is 1.94. The highest BCUT2D eigenvalue weighted by Gasteiger charge is 2.32. The van der Waals surface area contributed by atoms with Crippen molar-refractivity contribution in [3.63, 3.8) is 0 Å². The van der Waals surface area contributed by atoms with E-state index in [1.54, 1.807) is 12.1 Å². The van der Waals surface area contributed by atoms with E-state index in [9.17, 15) is 14.7 Å². The summed E-state index contributed by atoms with van der Waals surface area (Å²) in [4.78, 5) is 23.5. The van der Waals surface area contributed by atoms with E-state index in [2.05, 4.69) is 21.2 Å². The summed E-state index contributed by atoms with van der Waals surface area (Å²) in [5.74, 6) is -3.16. The van der Waals surface area contributed by atoms with Crippen molar-refractivity contribution in [1.82, 2.24) is 0 Å². The minimum atomic E-state index is -1.22. The zero-order chi connectivity index (χ0) is 15.6. The Kier molecular flexibility index (Phi) is 5.06. The minimum absolute atomic E-state index is 0.217. The number of hydrogen-bond acceptors (Lipinski definition) is 3. The first-order chi connectivity index (χ1) is 9.88. The molecule has 1 amide bonds. The monoisotopic (exact) mass is 370 g/mol. The first kappa shape index (κ1) is 16.0. The van der Waals surface area contributed by atoms with Gasteiger partial charge in [-0.15, -0.1) is 0 Å². The maximum atomic E-state index is 12.4. The van der Waals surface area contributed by atoms with Crippen LogP contribution in [0.5, 0.6) is 0 Å². The summed E-state index contributed by atoms with van der Waals surface area (Å²) in [6, 6.07) is 5.51. The van der Waals surface area contributed by atoms with Gasteiger partial charge in [-0.2, -0.15) is 0 Å². The third kappa shape index (κ3) is 3.86. The average molecular weight is 372 g/mol. The molecule has 21 heavy (non-hydrogen) atoms. The summed E-state index contributed by atoms with van der Waals surface area (Å²) in [7, 11) is 0. The smallest absolute Gasteiger partial charge is 0.228 e. The van der Waals surface area contributed by atoms with Crippen molar-refractivity contribution in [3.05, 3.63) is 39.3 Å².